The van der Waals surface area contributed by atoms with Gasteiger partial charge in [-0.25, -0.2) is 16.8 Å². The number of alkyl halides is 6. The molecular weight excluding hydrogens is 772 g/mol. The lowest BCUT2D eigenvalue weighted by molar-refractivity contribution is -0.176. The summed E-state index contributed by atoms with van der Waals surface area (Å²) in [5.74, 6) is -3.91. The fraction of sp³-hybridized carbons (Fsp3) is 0.406. The van der Waals surface area contributed by atoms with E-state index in [0.717, 1.165) is 43.6 Å². The number of Topliss-reactive ketones (excluding diaryl/α,β-unsaturated/α-hetero) is 3. The fourth-order valence-corrected chi connectivity index (χ4v) is 7.49. The second kappa shape index (κ2) is 15.2. The van der Waals surface area contributed by atoms with E-state index in [1.54, 1.807) is 0 Å². The van der Waals surface area contributed by atoms with E-state index < -0.39 is 94.7 Å². The van der Waals surface area contributed by atoms with E-state index in [-0.39, 0.29) is 41.0 Å². The minimum atomic E-state index is -4.71. The number of carbonyl (C=O) groups excluding carboxylic acids is 4. The van der Waals surface area contributed by atoms with Crippen molar-refractivity contribution in [1.29, 1.82) is 0 Å². The third-order valence-electron chi connectivity index (χ3n) is 7.87. The highest BCUT2D eigenvalue weighted by Gasteiger charge is 2.39. The summed E-state index contributed by atoms with van der Waals surface area (Å²) in [6.07, 6.45) is -4.55. The Morgan fingerprint density at radius 3 is 1.98 bits per heavy atom. The van der Waals surface area contributed by atoms with Crippen LogP contribution in [0.5, 0.6) is 0 Å². The first-order chi connectivity index (χ1) is 23.9. The minimum Gasteiger partial charge on any atom is -0.367 e. The Hall–Kier alpha value is -3.94. The van der Waals surface area contributed by atoms with Crippen molar-refractivity contribution in [2.45, 2.75) is 66.8 Å². The van der Waals surface area contributed by atoms with Crippen LogP contribution in [0.4, 0.5) is 26.3 Å². The molecule has 2 aliphatic carbocycles. The Balaban J connectivity index is 0.000000235. The fourth-order valence-electron chi connectivity index (χ4n) is 5.29. The van der Waals surface area contributed by atoms with Crippen molar-refractivity contribution in [3.8, 4) is 0 Å². The van der Waals surface area contributed by atoms with E-state index in [0.29, 0.717) is 24.3 Å². The Labute approximate surface area is 297 Å². The van der Waals surface area contributed by atoms with Gasteiger partial charge in [-0.3, -0.25) is 19.2 Å². The quantitative estimate of drug-likeness (QED) is 0.131. The van der Waals surface area contributed by atoms with E-state index in [1.165, 1.54) is 6.20 Å². The van der Waals surface area contributed by atoms with Gasteiger partial charge in [0.1, 0.15) is 12.5 Å². The Kier molecular flexibility index (Phi) is 11.9. The van der Waals surface area contributed by atoms with Crippen molar-refractivity contribution in [1.82, 2.24) is 5.16 Å². The molecule has 2 aliphatic rings. The van der Waals surface area contributed by atoms with Gasteiger partial charge in [-0.15, -0.1) is 0 Å². The number of benzene rings is 2. The number of aromatic nitrogens is 1. The second-order valence-electron chi connectivity index (χ2n) is 12.1. The van der Waals surface area contributed by atoms with E-state index in [9.17, 15) is 62.4 Å². The number of rotatable bonds is 10. The molecule has 2 aromatic carbocycles. The van der Waals surface area contributed by atoms with Crippen LogP contribution in [0.3, 0.4) is 0 Å². The molecule has 0 saturated heterocycles. The molecule has 0 bridgehead atoms. The molecule has 0 atom stereocenters. The van der Waals surface area contributed by atoms with Gasteiger partial charge in [0.2, 0.25) is 0 Å². The predicted molar refractivity (Wildman–Crippen MR) is 168 cm³/mol. The van der Waals surface area contributed by atoms with Crippen molar-refractivity contribution >= 4 is 54.4 Å². The molecule has 20 heteroatoms. The summed E-state index contributed by atoms with van der Waals surface area (Å²) in [6.45, 7) is -2.47. The van der Waals surface area contributed by atoms with E-state index in [4.69, 9.17) is 16.1 Å². The Morgan fingerprint density at radius 2 is 1.46 bits per heavy atom. The lowest BCUT2D eigenvalue weighted by atomic mass is 9.81. The number of ether oxygens (including phenoxy) is 1. The van der Waals surface area contributed by atoms with Gasteiger partial charge in [0.15, 0.2) is 48.6 Å². The van der Waals surface area contributed by atoms with Crippen molar-refractivity contribution in [3.63, 3.8) is 0 Å². The first-order valence-electron chi connectivity index (χ1n) is 15.1. The van der Waals surface area contributed by atoms with Crippen LogP contribution in [-0.2, 0) is 46.8 Å². The zero-order valence-corrected chi connectivity index (χ0v) is 29.4. The average molecular weight is 800 g/mol. The van der Waals surface area contributed by atoms with Crippen LogP contribution < -0.4 is 0 Å². The summed E-state index contributed by atoms with van der Waals surface area (Å²) in [7, 11) is -7.94. The molecule has 0 unspecified atom stereocenters. The van der Waals surface area contributed by atoms with Crippen LogP contribution >= 0.6 is 11.6 Å². The van der Waals surface area contributed by atoms with Crippen molar-refractivity contribution in [3.05, 3.63) is 75.1 Å². The van der Waals surface area contributed by atoms with Crippen LogP contribution in [0.15, 0.2) is 50.8 Å². The Morgan fingerprint density at radius 1 is 0.885 bits per heavy atom. The molecule has 1 heterocycles. The van der Waals surface area contributed by atoms with Crippen LogP contribution in [0.25, 0.3) is 0 Å². The highest BCUT2D eigenvalue weighted by Crippen LogP contribution is 2.42. The molecule has 52 heavy (non-hydrogen) atoms. The highest BCUT2D eigenvalue weighted by molar-refractivity contribution is 7.91. The van der Waals surface area contributed by atoms with Gasteiger partial charge in [0.25, 0.3) is 0 Å². The topological polar surface area (TPSA) is 172 Å². The highest BCUT2D eigenvalue weighted by atomic mass is 35.5. The molecule has 2 saturated carbocycles. The molecule has 0 amide bonds. The van der Waals surface area contributed by atoms with Gasteiger partial charge < -0.3 is 9.26 Å². The van der Waals surface area contributed by atoms with Crippen LogP contribution in [-0.4, -0.2) is 70.4 Å². The average Bonchev–Trinajstić information content (AvgIpc) is 3.75. The standard InChI is InChI=1S/C17H16ClF3O6S.C15H12F3NO4S/c1-28(25,26)13-6-5-9(15(18)10(13)7-27-8-17(19,20)21)16(24)14-11(22)3-2-4-12(14)23;1-24(21,22)12-6-9(15(16,17)18)4-5-10(12)13(20)11-7-19-23-14(11)8-2-3-8/h5-6,14H,2-4,7-8H2,1H3;4-8H,2-3H2,1H3. The number of ketones is 4. The summed E-state index contributed by atoms with van der Waals surface area (Å²) >= 11 is 6.11. The number of halogens is 7. The molecule has 5 rings (SSSR count). The molecule has 11 nitrogen and oxygen atoms in total. The summed E-state index contributed by atoms with van der Waals surface area (Å²) in [4.78, 5) is 48.3. The summed E-state index contributed by atoms with van der Waals surface area (Å²) in [5, 5.41) is 3.10. The van der Waals surface area contributed by atoms with E-state index in [2.05, 4.69) is 9.89 Å². The largest absolute Gasteiger partial charge is 0.416 e. The molecule has 0 spiro atoms. The van der Waals surface area contributed by atoms with Gasteiger partial charge in [0, 0.05) is 48.0 Å². The monoisotopic (exact) mass is 799 g/mol. The smallest absolute Gasteiger partial charge is 0.367 e. The zero-order chi connectivity index (χ0) is 39.0. The maximum Gasteiger partial charge on any atom is 0.416 e. The predicted octanol–water partition coefficient (Wildman–Crippen LogP) is 6.15. The summed E-state index contributed by atoms with van der Waals surface area (Å²) < 4.78 is 133. The number of hydrogen-bond donors (Lipinski definition) is 0. The first kappa shape index (κ1) is 40.8. The van der Waals surface area contributed by atoms with Gasteiger partial charge in [-0.1, -0.05) is 16.8 Å². The number of hydrogen-bond acceptors (Lipinski definition) is 11. The van der Waals surface area contributed by atoms with Gasteiger partial charge >= 0.3 is 12.4 Å². The summed E-state index contributed by atoms with van der Waals surface area (Å²) in [5.41, 5.74) is -2.02. The van der Waals surface area contributed by atoms with Gasteiger partial charge in [0.05, 0.1) is 38.7 Å². The van der Waals surface area contributed by atoms with E-state index >= 15 is 0 Å². The molecule has 2 fully saturated rings. The van der Waals surface area contributed by atoms with Gasteiger partial charge in [-0.2, -0.15) is 26.3 Å². The van der Waals surface area contributed by atoms with Crippen molar-refractivity contribution in [2.24, 2.45) is 5.92 Å². The first-order valence-corrected chi connectivity index (χ1v) is 19.2. The number of nitrogens with zero attached hydrogens (tertiary/aromatic N) is 1. The number of carbonyl (C=O) groups is 4. The SMILES string of the molecule is CS(=O)(=O)c1cc(C(F)(F)F)ccc1C(=O)c1cnoc1C1CC1.CS(=O)(=O)c1ccc(C(=O)C2C(=O)CCCC2=O)c(Cl)c1COCC(F)(F)F. The summed E-state index contributed by atoms with van der Waals surface area (Å²) in [6, 6.07) is 4.09. The van der Waals surface area contributed by atoms with E-state index in [1.807, 2.05) is 0 Å². The second-order valence-corrected chi connectivity index (χ2v) is 16.4. The molecule has 0 N–H and O–H groups in total. The molecule has 0 aliphatic heterocycles. The zero-order valence-electron chi connectivity index (χ0n) is 27.1. The third kappa shape index (κ3) is 9.73. The molecule has 3 aromatic rings. The van der Waals surface area contributed by atoms with Crippen LogP contribution in [0, 0.1) is 5.92 Å². The molecule has 282 valence electrons. The van der Waals surface area contributed by atoms with Crippen molar-refractivity contribution < 1.29 is 71.6 Å². The normalized spacial score (nSPS) is 16.0. The number of sulfone groups is 2. The lowest BCUT2D eigenvalue weighted by Gasteiger charge is -2.20. The molecular formula is C32H28ClF6NO10S2. The maximum absolute atomic E-state index is 12.8. The van der Waals surface area contributed by atoms with Crippen molar-refractivity contribution in [2.75, 3.05) is 19.1 Å². The maximum atomic E-state index is 12.8. The van der Waals surface area contributed by atoms with Crippen LogP contribution in [0.1, 0.15) is 81.2 Å². The minimum absolute atomic E-state index is 0.0441. The molecule has 1 aromatic heterocycles. The van der Waals surface area contributed by atoms with Gasteiger partial charge in [-0.05, 0) is 49.6 Å². The Bertz CT molecular complexity index is 2120. The van der Waals surface area contributed by atoms with Crippen LogP contribution in [0.2, 0.25) is 5.02 Å². The lowest BCUT2D eigenvalue weighted by Crippen LogP contribution is -2.35. The third-order valence-corrected chi connectivity index (χ3v) is 10.6. The molecule has 0 radical (unpaired) electrons.